The number of nitrogens with zero attached hydrogens (tertiary/aromatic N) is 6. The van der Waals surface area contributed by atoms with Gasteiger partial charge in [-0.3, -0.25) is 13.4 Å². The average molecular weight is 907 g/mol. The summed E-state index contributed by atoms with van der Waals surface area (Å²) in [6.45, 7) is 0. The van der Waals surface area contributed by atoms with Crippen molar-refractivity contribution in [3.05, 3.63) is 255 Å². The molecule has 0 saturated carbocycles. The Bertz CT molecular complexity index is 4290. The molecular weight excluding hydrogens is 865 g/mol. The van der Waals surface area contributed by atoms with Gasteiger partial charge in [0.15, 0.2) is 0 Å². The van der Waals surface area contributed by atoms with Gasteiger partial charge in [0, 0.05) is 62.2 Å². The van der Waals surface area contributed by atoms with Gasteiger partial charge in [0.1, 0.15) is 17.1 Å². The predicted octanol–water partition coefficient (Wildman–Crippen LogP) is 16.3. The summed E-state index contributed by atoms with van der Waals surface area (Å²) in [6, 6.07) is 85.9. The van der Waals surface area contributed by atoms with Crippen molar-refractivity contribution in [2.75, 3.05) is 0 Å². The summed E-state index contributed by atoms with van der Waals surface area (Å²) in [7, 11) is 0. The van der Waals surface area contributed by atoms with Crippen LogP contribution in [-0.4, -0.2) is 28.3 Å². The van der Waals surface area contributed by atoms with Crippen molar-refractivity contribution >= 4 is 43.9 Å². The maximum atomic E-state index is 5.58. The fourth-order valence-corrected chi connectivity index (χ4v) is 10.7. The third kappa shape index (κ3) is 6.61. The van der Waals surface area contributed by atoms with Crippen molar-refractivity contribution in [2.45, 2.75) is 0 Å². The Hall–Kier alpha value is -9.65. The number of pyridine rings is 2. The molecule has 9 aromatic carbocycles. The number of aromatic nitrogens is 6. The number of benzene rings is 9. The molecule has 6 nitrogen and oxygen atoms in total. The molecule has 0 aliphatic heterocycles. The minimum absolute atomic E-state index is 0.889. The third-order valence-electron chi connectivity index (χ3n) is 13.9. The van der Waals surface area contributed by atoms with Crippen LogP contribution in [-0.2, 0) is 0 Å². The van der Waals surface area contributed by atoms with Crippen molar-refractivity contribution in [3.8, 4) is 84.4 Å². The molecule has 0 N–H and O–H groups in total. The van der Waals surface area contributed by atoms with Crippen molar-refractivity contribution in [1.82, 2.24) is 28.3 Å². The number of hydrogen-bond acceptors (Lipinski definition) is 3. The van der Waals surface area contributed by atoms with Crippen LogP contribution in [0.5, 0.6) is 0 Å². The largest absolute Gasteiger partial charge is 0.299 e. The molecule has 0 bridgehead atoms. The van der Waals surface area contributed by atoms with Crippen LogP contribution in [0, 0.1) is 0 Å². The summed E-state index contributed by atoms with van der Waals surface area (Å²) in [5.74, 6) is 0.908. The number of imidazole rings is 3. The molecule has 0 aliphatic carbocycles. The van der Waals surface area contributed by atoms with E-state index in [0.717, 1.165) is 128 Å². The highest BCUT2D eigenvalue weighted by atomic mass is 15.1. The first kappa shape index (κ1) is 40.4. The molecule has 5 heterocycles. The first-order valence-electron chi connectivity index (χ1n) is 24.0. The highest BCUT2D eigenvalue weighted by Crippen LogP contribution is 2.45. The highest BCUT2D eigenvalue weighted by Gasteiger charge is 2.24. The SMILES string of the molecule is c1ccc(-c2nc3ccccn3c2-c2ccc(-c3ccc(-c4c(-c5ccccc5)nc5c(-c6cccc7c8nc(-c9ccccc9)n(-c9ccccc9)c8c8ccccc8c67)cccn45)cc3)cc2)cc1. The lowest BCUT2D eigenvalue weighted by Gasteiger charge is -2.15. The molecule has 0 unspecified atom stereocenters. The molecule has 14 aromatic rings. The minimum Gasteiger partial charge on any atom is -0.299 e. The molecule has 332 valence electrons. The van der Waals surface area contributed by atoms with E-state index in [1.807, 2.05) is 12.1 Å². The maximum Gasteiger partial charge on any atom is 0.145 e. The first-order chi connectivity index (χ1) is 35.2. The summed E-state index contributed by atoms with van der Waals surface area (Å²) in [5.41, 5.74) is 18.8. The van der Waals surface area contributed by atoms with E-state index in [2.05, 4.69) is 256 Å². The average Bonchev–Trinajstić information content (AvgIpc) is 4.18. The lowest BCUT2D eigenvalue weighted by molar-refractivity contribution is 1.11. The maximum absolute atomic E-state index is 5.58. The highest BCUT2D eigenvalue weighted by molar-refractivity contribution is 6.28. The van der Waals surface area contributed by atoms with Gasteiger partial charge in [-0.2, -0.15) is 0 Å². The second-order valence-corrected chi connectivity index (χ2v) is 18.0. The van der Waals surface area contributed by atoms with Gasteiger partial charge in [0.05, 0.1) is 33.8 Å². The van der Waals surface area contributed by atoms with E-state index in [4.69, 9.17) is 15.0 Å². The lowest BCUT2D eigenvalue weighted by atomic mass is 9.93. The van der Waals surface area contributed by atoms with Crippen molar-refractivity contribution in [3.63, 3.8) is 0 Å². The number of para-hydroxylation sites is 1. The molecule has 71 heavy (non-hydrogen) atoms. The summed E-state index contributed by atoms with van der Waals surface area (Å²) in [5, 5.41) is 4.56. The standard InChI is InChI=1S/C65H42N6/c1-5-19-45(20-6-1)58-61(69-41-16-15-32-56(69)66-58)47-37-33-43(34-38-47)44-35-39-48(40-36-44)62-59(46-21-7-2-8-22-46)67-65-54(31-18-42-70(62)65)52-29-17-30-55-57(52)51-27-13-14-28-53(51)63-60(55)68-64(49-23-9-3-10-24-49)71(63)50-25-11-4-12-26-50/h1-42H. The van der Waals surface area contributed by atoms with Gasteiger partial charge < -0.3 is 0 Å². The Labute approximate surface area is 409 Å². The quantitative estimate of drug-likeness (QED) is 0.143. The number of rotatable bonds is 8. The van der Waals surface area contributed by atoms with Crippen molar-refractivity contribution in [2.24, 2.45) is 0 Å². The molecule has 5 aromatic heterocycles. The summed E-state index contributed by atoms with van der Waals surface area (Å²) in [6.07, 6.45) is 4.24. The third-order valence-corrected chi connectivity index (χ3v) is 13.9. The topological polar surface area (TPSA) is 52.4 Å². The molecule has 0 fully saturated rings. The van der Waals surface area contributed by atoms with E-state index >= 15 is 0 Å². The van der Waals surface area contributed by atoms with Crippen LogP contribution in [0.2, 0.25) is 0 Å². The Morgan fingerprint density at radius 2 is 0.817 bits per heavy atom. The molecule has 6 heteroatoms. The fourth-order valence-electron chi connectivity index (χ4n) is 10.7. The van der Waals surface area contributed by atoms with Crippen LogP contribution in [0.15, 0.2) is 255 Å². The Morgan fingerprint density at radius 3 is 1.48 bits per heavy atom. The van der Waals surface area contributed by atoms with E-state index in [1.165, 1.54) is 0 Å². The monoisotopic (exact) mass is 906 g/mol. The zero-order valence-corrected chi connectivity index (χ0v) is 38.4. The van der Waals surface area contributed by atoms with Crippen LogP contribution >= 0.6 is 0 Å². The molecule has 0 atom stereocenters. The molecule has 0 spiro atoms. The van der Waals surface area contributed by atoms with E-state index in [0.29, 0.717) is 0 Å². The fraction of sp³-hybridized carbons (Fsp3) is 0. The van der Waals surface area contributed by atoms with Gasteiger partial charge in [-0.25, -0.2) is 15.0 Å². The molecule has 0 amide bonds. The van der Waals surface area contributed by atoms with Gasteiger partial charge >= 0.3 is 0 Å². The number of hydrogen-bond donors (Lipinski definition) is 0. The Balaban J connectivity index is 0.913. The van der Waals surface area contributed by atoms with Crippen molar-refractivity contribution < 1.29 is 0 Å². The molecule has 0 aliphatic rings. The van der Waals surface area contributed by atoms with Gasteiger partial charge in [-0.05, 0) is 63.9 Å². The normalized spacial score (nSPS) is 11.7. The Kier molecular flexibility index (Phi) is 9.42. The van der Waals surface area contributed by atoms with Crippen LogP contribution in [0.3, 0.4) is 0 Å². The molecule has 14 rings (SSSR count). The molecule has 0 radical (unpaired) electrons. The van der Waals surface area contributed by atoms with E-state index in [-0.39, 0.29) is 0 Å². The van der Waals surface area contributed by atoms with Gasteiger partial charge in [0.25, 0.3) is 0 Å². The van der Waals surface area contributed by atoms with E-state index in [9.17, 15) is 0 Å². The second kappa shape index (κ2) is 16.5. The van der Waals surface area contributed by atoms with E-state index < -0.39 is 0 Å². The smallest absolute Gasteiger partial charge is 0.145 e. The molecular formula is C65H42N6. The lowest BCUT2D eigenvalue weighted by Crippen LogP contribution is -1.98. The van der Waals surface area contributed by atoms with Crippen LogP contribution < -0.4 is 0 Å². The summed E-state index contributed by atoms with van der Waals surface area (Å²) >= 11 is 0. The zero-order chi connectivity index (χ0) is 46.8. The molecule has 0 saturated heterocycles. The van der Waals surface area contributed by atoms with E-state index in [1.54, 1.807) is 0 Å². The van der Waals surface area contributed by atoms with Crippen LogP contribution in [0.1, 0.15) is 0 Å². The van der Waals surface area contributed by atoms with Gasteiger partial charge in [0.2, 0.25) is 0 Å². The predicted molar refractivity (Wildman–Crippen MR) is 292 cm³/mol. The van der Waals surface area contributed by atoms with Crippen LogP contribution in [0.4, 0.5) is 0 Å². The summed E-state index contributed by atoms with van der Waals surface area (Å²) < 4.78 is 6.79. The van der Waals surface area contributed by atoms with Gasteiger partial charge in [-0.1, -0.05) is 206 Å². The van der Waals surface area contributed by atoms with Gasteiger partial charge in [-0.15, -0.1) is 0 Å². The summed E-state index contributed by atoms with van der Waals surface area (Å²) in [4.78, 5) is 16.2. The van der Waals surface area contributed by atoms with Crippen LogP contribution in [0.25, 0.3) is 128 Å². The zero-order valence-electron chi connectivity index (χ0n) is 38.4. The number of fused-ring (bicyclic) bond motifs is 8. The minimum atomic E-state index is 0.889. The first-order valence-corrected chi connectivity index (χ1v) is 24.0. The second-order valence-electron chi connectivity index (χ2n) is 18.0. The Morgan fingerprint density at radius 1 is 0.310 bits per heavy atom. The van der Waals surface area contributed by atoms with Crippen molar-refractivity contribution in [1.29, 1.82) is 0 Å².